The van der Waals surface area contributed by atoms with E-state index in [0.717, 1.165) is 34.7 Å². The van der Waals surface area contributed by atoms with Crippen LogP contribution in [0.25, 0.3) is 10.6 Å². The minimum Gasteiger partial charge on any atom is -0.302 e. The van der Waals surface area contributed by atoms with E-state index in [0.29, 0.717) is 17.4 Å². The Kier molecular flexibility index (Phi) is 3.20. The largest absolute Gasteiger partial charge is 0.302 e. The van der Waals surface area contributed by atoms with Crippen LogP contribution < -0.4 is 5.32 Å². The number of fused-ring (bicyclic) bond motifs is 3. The summed E-state index contributed by atoms with van der Waals surface area (Å²) in [5.41, 5.74) is 2.99. The maximum atomic E-state index is 11.1. The zero-order chi connectivity index (χ0) is 14.1. The van der Waals surface area contributed by atoms with Crippen LogP contribution in [0.5, 0.6) is 0 Å². The summed E-state index contributed by atoms with van der Waals surface area (Å²) in [7, 11) is 0. The van der Waals surface area contributed by atoms with Crippen molar-refractivity contribution in [3.63, 3.8) is 0 Å². The van der Waals surface area contributed by atoms with E-state index in [2.05, 4.69) is 26.2 Å². The Balaban J connectivity index is 2.04. The van der Waals surface area contributed by atoms with Gasteiger partial charge in [0.25, 0.3) is 0 Å². The Labute approximate surface area is 120 Å². The zero-order valence-electron chi connectivity index (χ0n) is 10.9. The molecule has 1 aliphatic carbocycles. The number of thiazole rings is 1. The van der Waals surface area contributed by atoms with Gasteiger partial charge in [0, 0.05) is 13.1 Å². The van der Waals surface area contributed by atoms with E-state index >= 15 is 0 Å². The van der Waals surface area contributed by atoms with Gasteiger partial charge in [-0.3, -0.25) is 4.79 Å². The molecule has 0 unspecified atom stereocenters. The van der Waals surface area contributed by atoms with E-state index in [1.807, 2.05) is 6.20 Å². The SMILES string of the molecule is C#CCc1ncc2c(n1)-c1sc(NC(C)=O)nc1CC2. The van der Waals surface area contributed by atoms with Gasteiger partial charge in [0.2, 0.25) is 5.91 Å². The standard InChI is InChI=1S/C14H12N4OS/c1-3-4-11-15-7-9-5-6-10-13(12(9)18-11)20-14(17-10)16-8(2)19/h1,7H,4-6H2,2H3,(H,16,17,19). The van der Waals surface area contributed by atoms with Crippen LogP contribution in [-0.2, 0) is 24.1 Å². The molecule has 0 fully saturated rings. The summed E-state index contributed by atoms with van der Waals surface area (Å²) < 4.78 is 0. The van der Waals surface area contributed by atoms with Crippen molar-refractivity contribution in [1.29, 1.82) is 0 Å². The molecule has 0 aromatic carbocycles. The molecule has 0 atom stereocenters. The molecule has 2 heterocycles. The van der Waals surface area contributed by atoms with E-state index in [1.165, 1.54) is 18.3 Å². The van der Waals surface area contributed by atoms with Crippen LogP contribution in [0.1, 0.15) is 24.0 Å². The number of rotatable bonds is 2. The fraction of sp³-hybridized carbons (Fsp3) is 0.286. The summed E-state index contributed by atoms with van der Waals surface area (Å²) in [6.07, 6.45) is 9.27. The first-order valence-corrected chi connectivity index (χ1v) is 7.05. The summed E-state index contributed by atoms with van der Waals surface area (Å²) in [5.74, 6) is 3.08. The molecule has 3 rings (SSSR count). The number of nitrogens with one attached hydrogen (secondary N) is 1. The van der Waals surface area contributed by atoms with Crippen LogP contribution in [0.4, 0.5) is 5.13 Å². The minimum atomic E-state index is -0.118. The first-order valence-electron chi connectivity index (χ1n) is 6.23. The van der Waals surface area contributed by atoms with Crippen molar-refractivity contribution in [2.75, 3.05) is 5.32 Å². The predicted octanol–water partition coefficient (Wildman–Crippen LogP) is 1.83. The van der Waals surface area contributed by atoms with E-state index < -0.39 is 0 Å². The molecule has 20 heavy (non-hydrogen) atoms. The fourth-order valence-corrected chi connectivity index (χ4v) is 3.25. The van der Waals surface area contributed by atoms with Gasteiger partial charge in [-0.1, -0.05) is 17.3 Å². The number of hydrogen-bond donors (Lipinski definition) is 1. The lowest BCUT2D eigenvalue weighted by Crippen LogP contribution is -2.08. The van der Waals surface area contributed by atoms with Crippen LogP contribution in [0, 0.1) is 12.3 Å². The molecule has 1 amide bonds. The van der Waals surface area contributed by atoms with Crippen molar-refractivity contribution >= 4 is 22.4 Å². The van der Waals surface area contributed by atoms with Gasteiger partial charge < -0.3 is 5.32 Å². The van der Waals surface area contributed by atoms with Crippen LogP contribution in [0.2, 0.25) is 0 Å². The number of carbonyl (C=O) groups is 1. The van der Waals surface area contributed by atoms with E-state index in [4.69, 9.17) is 6.42 Å². The van der Waals surface area contributed by atoms with E-state index in [-0.39, 0.29) is 5.91 Å². The average Bonchev–Trinajstić information content (AvgIpc) is 2.81. The molecule has 0 radical (unpaired) electrons. The lowest BCUT2D eigenvalue weighted by Gasteiger charge is -2.13. The van der Waals surface area contributed by atoms with Crippen molar-refractivity contribution in [3.8, 4) is 22.9 Å². The third-order valence-corrected chi connectivity index (χ3v) is 4.02. The first kappa shape index (κ1) is 12.8. The number of hydrogen-bond acceptors (Lipinski definition) is 5. The average molecular weight is 284 g/mol. The Morgan fingerprint density at radius 3 is 3.10 bits per heavy atom. The van der Waals surface area contributed by atoms with Crippen LogP contribution in [0.3, 0.4) is 0 Å². The lowest BCUT2D eigenvalue weighted by atomic mass is 9.99. The topological polar surface area (TPSA) is 67.8 Å². The smallest absolute Gasteiger partial charge is 0.223 e. The molecule has 1 aliphatic rings. The Bertz CT molecular complexity index is 729. The molecule has 0 bridgehead atoms. The molecule has 1 N–H and O–H groups in total. The van der Waals surface area contributed by atoms with Crippen molar-refractivity contribution in [1.82, 2.24) is 15.0 Å². The molecule has 0 saturated heterocycles. The van der Waals surface area contributed by atoms with Crippen molar-refractivity contribution < 1.29 is 4.79 Å². The van der Waals surface area contributed by atoms with Crippen LogP contribution in [0.15, 0.2) is 6.20 Å². The molecule has 5 nitrogen and oxygen atoms in total. The summed E-state index contributed by atoms with van der Waals surface area (Å²) in [6.45, 7) is 1.47. The molecule has 2 aromatic rings. The Hall–Kier alpha value is -2.26. The van der Waals surface area contributed by atoms with Gasteiger partial charge in [-0.2, -0.15) is 0 Å². The van der Waals surface area contributed by atoms with Crippen molar-refractivity contribution in [2.45, 2.75) is 26.2 Å². The number of aromatic nitrogens is 3. The minimum absolute atomic E-state index is 0.118. The zero-order valence-corrected chi connectivity index (χ0v) is 11.8. The van der Waals surface area contributed by atoms with Gasteiger partial charge >= 0.3 is 0 Å². The first-order chi connectivity index (χ1) is 9.67. The van der Waals surface area contributed by atoms with Crippen LogP contribution in [-0.4, -0.2) is 20.9 Å². The van der Waals surface area contributed by atoms with Gasteiger partial charge in [0.1, 0.15) is 5.82 Å². The second kappa shape index (κ2) is 5.02. The van der Waals surface area contributed by atoms with E-state index in [9.17, 15) is 4.79 Å². The molecule has 0 spiro atoms. The molecule has 0 saturated carbocycles. The monoisotopic (exact) mass is 284 g/mol. The normalized spacial score (nSPS) is 12.2. The molecule has 100 valence electrons. The number of carbonyl (C=O) groups excluding carboxylic acids is 1. The third-order valence-electron chi connectivity index (χ3n) is 3.00. The number of terminal acetylenes is 1. The van der Waals surface area contributed by atoms with Crippen LogP contribution >= 0.6 is 11.3 Å². The highest BCUT2D eigenvalue weighted by Gasteiger charge is 2.23. The number of amides is 1. The van der Waals surface area contributed by atoms with E-state index in [1.54, 1.807) is 0 Å². The second-order valence-corrected chi connectivity index (χ2v) is 5.52. The van der Waals surface area contributed by atoms with Gasteiger partial charge in [0.15, 0.2) is 5.13 Å². The van der Waals surface area contributed by atoms with Gasteiger partial charge in [-0.15, -0.1) is 6.42 Å². The summed E-state index contributed by atoms with van der Waals surface area (Å²) in [6, 6.07) is 0. The fourth-order valence-electron chi connectivity index (χ4n) is 2.16. The quantitative estimate of drug-likeness (QED) is 0.854. The third kappa shape index (κ3) is 2.28. The van der Waals surface area contributed by atoms with Crippen molar-refractivity contribution in [3.05, 3.63) is 23.3 Å². The molecule has 2 aromatic heterocycles. The van der Waals surface area contributed by atoms with Gasteiger partial charge in [-0.25, -0.2) is 15.0 Å². The predicted molar refractivity (Wildman–Crippen MR) is 77.4 cm³/mol. The highest BCUT2D eigenvalue weighted by Crippen LogP contribution is 2.38. The highest BCUT2D eigenvalue weighted by atomic mass is 32.1. The maximum absolute atomic E-state index is 11.1. The molecule has 0 aliphatic heterocycles. The van der Waals surface area contributed by atoms with Crippen molar-refractivity contribution in [2.24, 2.45) is 0 Å². The maximum Gasteiger partial charge on any atom is 0.223 e. The summed E-state index contributed by atoms with van der Waals surface area (Å²) in [4.78, 5) is 25.4. The Morgan fingerprint density at radius 2 is 2.35 bits per heavy atom. The lowest BCUT2D eigenvalue weighted by molar-refractivity contribution is -0.114. The Morgan fingerprint density at radius 1 is 1.50 bits per heavy atom. The molecular weight excluding hydrogens is 272 g/mol. The molecular formula is C14H12N4OS. The summed E-state index contributed by atoms with van der Waals surface area (Å²) in [5, 5.41) is 3.34. The molecule has 6 heteroatoms. The number of aryl methyl sites for hydroxylation is 2. The number of nitrogens with zero attached hydrogens (tertiary/aromatic N) is 3. The van der Waals surface area contributed by atoms with Gasteiger partial charge in [-0.05, 0) is 18.4 Å². The van der Waals surface area contributed by atoms with Gasteiger partial charge in [0.05, 0.1) is 22.7 Å². The number of anilines is 1. The second-order valence-electron chi connectivity index (χ2n) is 4.52. The summed E-state index contributed by atoms with van der Waals surface area (Å²) >= 11 is 1.45. The highest BCUT2D eigenvalue weighted by molar-refractivity contribution is 7.19.